The minimum atomic E-state index is -0.0562. The number of hydrogen-bond acceptors (Lipinski definition) is 7. The summed E-state index contributed by atoms with van der Waals surface area (Å²) < 4.78 is 10.0. The fraction of sp³-hybridized carbons (Fsp3) is 0.350. The first-order chi connectivity index (χ1) is 13.6. The highest BCUT2D eigenvalue weighted by molar-refractivity contribution is 5.95. The predicted octanol–water partition coefficient (Wildman–Crippen LogP) is 1.30. The third-order valence-corrected chi connectivity index (χ3v) is 4.15. The second-order valence-electron chi connectivity index (χ2n) is 5.89. The van der Waals surface area contributed by atoms with Crippen LogP contribution >= 0.6 is 0 Å². The number of phenols is 1. The van der Waals surface area contributed by atoms with Crippen LogP contribution in [0.15, 0.2) is 36.5 Å². The van der Waals surface area contributed by atoms with Gasteiger partial charge in [-0.25, -0.2) is 0 Å². The number of aliphatic hydroxyl groups excluding tert-OH is 1. The summed E-state index contributed by atoms with van der Waals surface area (Å²) in [5, 5.41) is 18.1. The minimum absolute atomic E-state index is 0.000401. The van der Waals surface area contributed by atoms with E-state index >= 15 is 0 Å². The molecule has 0 saturated carbocycles. The van der Waals surface area contributed by atoms with E-state index in [0.29, 0.717) is 56.0 Å². The number of carbonyl (C=O) groups is 2. The van der Waals surface area contributed by atoms with Crippen molar-refractivity contribution in [2.24, 2.45) is 0 Å². The number of rotatable bonds is 5. The second-order valence-corrected chi connectivity index (χ2v) is 5.89. The Morgan fingerprint density at radius 3 is 2.64 bits per heavy atom. The maximum absolute atomic E-state index is 12.2. The van der Waals surface area contributed by atoms with Gasteiger partial charge in [-0.05, 0) is 24.3 Å². The molecule has 0 unspecified atom stereocenters. The number of hydrogen-bond donors (Lipinski definition) is 2. The lowest BCUT2D eigenvalue weighted by Crippen LogP contribution is -2.41. The van der Waals surface area contributed by atoms with Crippen molar-refractivity contribution in [1.29, 1.82) is 0 Å². The van der Waals surface area contributed by atoms with E-state index in [9.17, 15) is 9.59 Å². The SMILES string of the molecule is COc1cccc(O)c1C=O.O=C(c1cccnc1CCO)N1CCOCC1. The maximum Gasteiger partial charge on any atom is 0.255 e. The van der Waals surface area contributed by atoms with Gasteiger partial charge in [-0.3, -0.25) is 14.6 Å². The van der Waals surface area contributed by atoms with E-state index in [-0.39, 0.29) is 23.8 Å². The van der Waals surface area contributed by atoms with Crippen LogP contribution in [0.5, 0.6) is 11.5 Å². The lowest BCUT2D eigenvalue weighted by atomic mass is 10.1. The van der Waals surface area contributed by atoms with Gasteiger partial charge in [0, 0.05) is 32.3 Å². The zero-order chi connectivity index (χ0) is 20.4. The van der Waals surface area contributed by atoms with Crippen LogP contribution in [0.2, 0.25) is 0 Å². The van der Waals surface area contributed by atoms with Gasteiger partial charge in [0.1, 0.15) is 11.5 Å². The van der Waals surface area contributed by atoms with Crippen LogP contribution in [-0.4, -0.2) is 72.3 Å². The molecule has 2 heterocycles. The Hall–Kier alpha value is -2.97. The molecule has 1 aliphatic heterocycles. The van der Waals surface area contributed by atoms with E-state index in [2.05, 4.69) is 4.98 Å². The van der Waals surface area contributed by atoms with Crippen molar-refractivity contribution in [2.45, 2.75) is 6.42 Å². The number of methoxy groups -OCH3 is 1. The molecule has 1 saturated heterocycles. The fourth-order valence-electron chi connectivity index (χ4n) is 2.70. The highest BCUT2D eigenvalue weighted by atomic mass is 16.5. The van der Waals surface area contributed by atoms with E-state index in [4.69, 9.17) is 19.7 Å². The average molecular weight is 388 g/mol. The minimum Gasteiger partial charge on any atom is -0.507 e. The summed E-state index contributed by atoms with van der Waals surface area (Å²) >= 11 is 0. The van der Waals surface area contributed by atoms with Gasteiger partial charge in [-0.2, -0.15) is 0 Å². The molecule has 2 aromatic rings. The number of pyridine rings is 1. The van der Waals surface area contributed by atoms with Crippen molar-refractivity contribution in [2.75, 3.05) is 40.0 Å². The van der Waals surface area contributed by atoms with Gasteiger partial charge in [-0.1, -0.05) is 6.07 Å². The number of amides is 1. The third-order valence-electron chi connectivity index (χ3n) is 4.15. The third kappa shape index (κ3) is 5.51. The zero-order valence-corrected chi connectivity index (χ0v) is 15.7. The zero-order valence-electron chi connectivity index (χ0n) is 15.7. The number of aromatic hydroxyl groups is 1. The smallest absolute Gasteiger partial charge is 0.255 e. The number of aromatic nitrogens is 1. The largest absolute Gasteiger partial charge is 0.507 e. The van der Waals surface area contributed by atoms with Gasteiger partial charge < -0.3 is 24.6 Å². The summed E-state index contributed by atoms with van der Waals surface area (Å²) in [4.78, 5) is 28.5. The Bertz CT molecular complexity index is 790. The molecular formula is C20H24N2O6. The molecule has 2 N–H and O–H groups in total. The van der Waals surface area contributed by atoms with E-state index in [1.807, 2.05) is 0 Å². The Labute approximate surface area is 163 Å². The van der Waals surface area contributed by atoms with Gasteiger partial charge in [0.2, 0.25) is 0 Å². The van der Waals surface area contributed by atoms with Crippen molar-refractivity contribution >= 4 is 12.2 Å². The number of ether oxygens (including phenoxy) is 2. The summed E-state index contributed by atoms with van der Waals surface area (Å²) in [5.74, 6) is 0.309. The number of phenolic OH excluding ortho intramolecular Hbond substituents is 1. The summed E-state index contributed by atoms with van der Waals surface area (Å²) in [6.45, 7) is 2.40. The molecular weight excluding hydrogens is 364 g/mol. The quantitative estimate of drug-likeness (QED) is 0.743. The number of aliphatic hydroxyl groups is 1. The molecule has 1 aromatic heterocycles. The average Bonchev–Trinajstić information content (AvgIpc) is 2.74. The van der Waals surface area contributed by atoms with Crippen LogP contribution in [0, 0.1) is 0 Å². The first-order valence-electron chi connectivity index (χ1n) is 8.85. The highest BCUT2D eigenvalue weighted by Crippen LogP contribution is 2.24. The lowest BCUT2D eigenvalue weighted by Gasteiger charge is -2.27. The Balaban J connectivity index is 0.000000221. The second kappa shape index (κ2) is 11.0. The van der Waals surface area contributed by atoms with E-state index in [1.54, 1.807) is 35.4 Å². The van der Waals surface area contributed by atoms with Crippen molar-refractivity contribution in [1.82, 2.24) is 9.88 Å². The molecule has 28 heavy (non-hydrogen) atoms. The van der Waals surface area contributed by atoms with Crippen LogP contribution in [0.4, 0.5) is 0 Å². The molecule has 8 nitrogen and oxygen atoms in total. The number of benzene rings is 1. The van der Waals surface area contributed by atoms with Crippen LogP contribution in [0.1, 0.15) is 26.4 Å². The highest BCUT2D eigenvalue weighted by Gasteiger charge is 2.21. The predicted molar refractivity (Wildman–Crippen MR) is 102 cm³/mol. The molecule has 0 bridgehead atoms. The van der Waals surface area contributed by atoms with Crippen LogP contribution in [0.3, 0.4) is 0 Å². The molecule has 0 aliphatic carbocycles. The van der Waals surface area contributed by atoms with Gasteiger partial charge in [0.05, 0.1) is 37.1 Å². The molecule has 1 amide bonds. The van der Waals surface area contributed by atoms with Crippen LogP contribution in [0.25, 0.3) is 0 Å². The molecule has 1 aromatic carbocycles. The van der Waals surface area contributed by atoms with Gasteiger partial charge in [0.15, 0.2) is 6.29 Å². The van der Waals surface area contributed by atoms with E-state index < -0.39 is 0 Å². The molecule has 0 radical (unpaired) electrons. The monoisotopic (exact) mass is 388 g/mol. The summed E-state index contributed by atoms with van der Waals surface area (Å²) in [5.41, 5.74) is 1.44. The molecule has 8 heteroatoms. The van der Waals surface area contributed by atoms with Crippen molar-refractivity contribution in [3.63, 3.8) is 0 Å². The van der Waals surface area contributed by atoms with Crippen molar-refractivity contribution < 1.29 is 29.3 Å². The van der Waals surface area contributed by atoms with Gasteiger partial charge in [0.25, 0.3) is 5.91 Å². The molecule has 150 valence electrons. The number of nitrogens with zero attached hydrogens (tertiary/aromatic N) is 2. The maximum atomic E-state index is 12.2. The number of aldehydes is 1. The number of morpholine rings is 1. The summed E-state index contributed by atoms with van der Waals surface area (Å²) in [6.07, 6.45) is 2.61. The molecule has 1 fully saturated rings. The first kappa shape index (κ1) is 21.3. The Morgan fingerprint density at radius 1 is 1.29 bits per heavy atom. The molecule has 0 spiro atoms. The Kier molecular flexibility index (Phi) is 8.38. The van der Waals surface area contributed by atoms with Crippen molar-refractivity contribution in [3.05, 3.63) is 53.3 Å². The Morgan fingerprint density at radius 2 is 2.04 bits per heavy atom. The topological polar surface area (TPSA) is 109 Å². The fourth-order valence-corrected chi connectivity index (χ4v) is 2.70. The standard InChI is InChI=1S/C12H16N2O3.C8H8O3/c15-7-3-11-10(2-1-4-13-11)12(16)14-5-8-17-9-6-14;1-11-8-4-2-3-7(10)6(8)5-9/h1-2,4,15H,3,5-9H2;2-5,10H,1H3. The van der Waals surface area contributed by atoms with E-state index in [0.717, 1.165) is 0 Å². The van der Waals surface area contributed by atoms with Crippen LogP contribution in [-0.2, 0) is 11.2 Å². The normalized spacial score (nSPS) is 13.3. The van der Waals surface area contributed by atoms with Gasteiger partial charge in [-0.15, -0.1) is 0 Å². The lowest BCUT2D eigenvalue weighted by molar-refractivity contribution is 0.0301. The molecule has 0 atom stereocenters. The first-order valence-corrected chi connectivity index (χ1v) is 8.85. The van der Waals surface area contributed by atoms with Crippen molar-refractivity contribution in [3.8, 4) is 11.5 Å². The molecule has 3 rings (SSSR count). The molecule has 1 aliphatic rings. The summed E-state index contributed by atoms with van der Waals surface area (Å²) in [6, 6.07) is 8.17. The van der Waals surface area contributed by atoms with Gasteiger partial charge >= 0.3 is 0 Å². The number of carbonyl (C=O) groups excluding carboxylic acids is 2. The summed E-state index contributed by atoms with van der Waals surface area (Å²) in [7, 11) is 1.45. The van der Waals surface area contributed by atoms with E-state index in [1.165, 1.54) is 13.2 Å². The van der Waals surface area contributed by atoms with Crippen LogP contribution < -0.4 is 4.74 Å².